The lowest BCUT2D eigenvalue weighted by molar-refractivity contribution is -0.119. The number of rotatable bonds is 7. The molecule has 0 fully saturated rings. The summed E-state index contributed by atoms with van der Waals surface area (Å²) in [6.07, 6.45) is 1.58. The largest absolute Gasteiger partial charge is 0.271 e. The Labute approximate surface area is 202 Å². The molecule has 0 unspecified atom stereocenters. The lowest BCUT2D eigenvalue weighted by Gasteiger charge is -2.24. The van der Waals surface area contributed by atoms with Crippen molar-refractivity contribution in [3.8, 4) is 0 Å². The molecule has 0 saturated carbocycles. The van der Waals surface area contributed by atoms with Crippen LogP contribution in [-0.4, -0.2) is 27.1 Å². The van der Waals surface area contributed by atoms with Gasteiger partial charge in [-0.2, -0.15) is 5.10 Å². The molecule has 0 aromatic heterocycles. The molecule has 0 aliphatic heterocycles. The summed E-state index contributed by atoms with van der Waals surface area (Å²) < 4.78 is 28.2. The smallest absolute Gasteiger partial charge is 0.264 e. The van der Waals surface area contributed by atoms with Gasteiger partial charge in [0.15, 0.2) is 0 Å². The third kappa shape index (κ3) is 5.72. The average molecular weight is 478 g/mol. The van der Waals surface area contributed by atoms with E-state index in [0.29, 0.717) is 5.69 Å². The molecule has 0 atom stereocenters. The van der Waals surface area contributed by atoms with Gasteiger partial charge >= 0.3 is 0 Å². The minimum Gasteiger partial charge on any atom is -0.271 e. The van der Waals surface area contributed by atoms with E-state index in [1.165, 1.54) is 11.1 Å². The fourth-order valence-corrected chi connectivity index (χ4v) is 5.11. The van der Waals surface area contributed by atoms with Crippen LogP contribution >= 0.6 is 0 Å². The van der Waals surface area contributed by atoms with Gasteiger partial charge in [0, 0.05) is 0 Å². The van der Waals surface area contributed by atoms with Gasteiger partial charge in [-0.1, -0.05) is 35.9 Å². The Kier molecular flexibility index (Phi) is 7.57. The van der Waals surface area contributed by atoms with Gasteiger partial charge < -0.3 is 0 Å². The molecule has 34 heavy (non-hydrogen) atoms. The number of hydrazone groups is 1. The summed E-state index contributed by atoms with van der Waals surface area (Å²) in [5, 5.41) is 4.08. The van der Waals surface area contributed by atoms with Gasteiger partial charge in [-0.25, -0.2) is 13.8 Å². The van der Waals surface area contributed by atoms with Crippen molar-refractivity contribution in [3.05, 3.63) is 93.5 Å². The quantitative estimate of drug-likeness (QED) is 0.389. The van der Waals surface area contributed by atoms with Gasteiger partial charge in [0.1, 0.15) is 6.54 Å². The van der Waals surface area contributed by atoms with E-state index < -0.39 is 22.5 Å². The molecule has 0 spiro atoms. The summed E-state index contributed by atoms with van der Waals surface area (Å²) in [5.41, 5.74) is 9.99. The number of sulfonamides is 1. The molecule has 0 aliphatic rings. The third-order valence-corrected chi connectivity index (χ3v) is 7.67. The van der Waals surface area contributed by atoms with Crippen LogP contribution in [-0.2, 0) is 14.8 Å². The van der Waals surface area contributed by atoms with Crippen LogP contribution in [0.1, 0.15) is 38.9 Å². The highest BCUT2D eigenvalue weighted by Gasteiger charge is 2.27. The summed E-state index contributed by atoms with van der Waals surface area (Å²) >= 11 is 0. The SMILES string of the molecule is Cc1ccc(S(=O)(=O)N(CC(=O)N/N=C\c2ccc(C)c(C)c2C)c2cc(C)cc(C)c2)cc1. The molecule has 0 heterocycles. The molecular formula is C27H31N3O3S. The van der Waals surface area contributed by atoms with Crippen LogP contribution in [0.25, 0.3) is 0 Å². The fraction of sp³-hybridized carbons (Fsp3) is 0.259. The second-order valence-electron chi connectivity index (χ2n) is 8.69. The second-order valence-corrected chi connectivity index (χ2v) is 10.5. The Morgan fingerprint density at radius 2 is 1.47 bits per heavy atom. The number of hydrogen-bond acceptors (Lipinski definition) is 4. The number of carbonyl (C=O) groups is 1. The van der Waals surface area contributed by atoms with Gasteiger partial charge in [0.05, 0.1) is 16.8 Å². The van der Waals surface area contributed by atoms with Crippen molar-refractivity contribution in [3.63, 3.8) is 0 Å². The summed E-state index contributed by atoms with van der Waals surface area (Å²) in [6.45, 7) is 11.4. The minimum atomic E-state index is -3.97. The van der Waals surface area contributed by atoms with Crippen molar-refractivity contribution < 1.29 is 13.2 Å². The maximum Gasteiger partial charge on any atom is 0.264 e. The van der Waals surface area contributed by atoms with Gasteiger partial charge in [-0.15, -0.1) is 0 Å². The van der Waals surface area contributed by atoms with Crippen LogP contribution in [0.2, 0.25) is 0 Å². The average Bonchev–Trinajstić information content (AvgIpc) is 2.77. The molecule has 7 heteroatoms. The predicted molar refractivity (Wildman–Crippen MR) is 138 cm³/mol. The van der Waals surface area contributed by atoms with Crippen LogP contribution in [0.3, 0.4) is 0 Å². The van der Waals surface area contributed by atoms with Crippen LogP contribution in [0.15, 0.2) is 64.6 Å². The highest BCUT2D eigenvalue weighted by molar-refractivity contribution is 7.92. The standard InChI is InChI=1S/C27H31N3O3S/c1-18-7-11-26(12-8-18)34(32,33)30(25-14-19(2)13-20(3)15-25)17-27(31)29-28-16-24-10-9-21(4)22(5)23(24)6/h7-16H,17H2,1-6H3,(H,29,31)/b28-16-. The molecule has 0 radical (unpaired) electrons. The number of benzene rings is 3. The van der Waals surface area contributed by atoms with Crippen molar-refractivity contribution in [2.75, 3.05) is 10.8 Å². The van der Waals surface area contributed by atoms with Crippen LogP contribution in [0.4, 0.5) is 5.69 Å². The molecule has 178 valence electrons. The van der Waals surface area contributed by atoms with Crippen LogP contribution < -0.4 is 9.73 Å². The van der Waals surface area contributed by atoms with Crippen molar-refractivity contribution in [2.45, 2.75) is 46.4 Å². The second kappa shape index (κ2) is 10.2. The highest BCUT2D eigenvalue weighted by Crippen LogP contribution is 2.26. The first-order chi connectivity index (χ1) is 16.0. The summed E-state index contributed by atoms with van der Waals surface area (Å²) in [5.74, 6) is -0.535. The van der Waals surface area contributed by atoms with E-state index in [2.05, 4.69) is 10.5 Å². The monoisotopic (exact) mass is 477 g/mol. The molecular weight excluding hydrogens is 446 g/mol. The first kappa shape index (κ1) is 25.2. The number of amides is 1. The zero-order chi connectivity index (χ0) is 25.0. The molecule has 0 aliphatic carbocycles. The van der Waals surface area contributed by atoms with Crippen molar-refractivity contribution in [1.82, 2.24) is 5.43 Å². The van der Waals surface area contributed by atoms with E-state index in [0.717, 1.165) is 32.1 Å². The molecule has 3 aromatic carbocycles. The molecule has 6 nitrogen and oxygen atoms in total. The van der Waals surface area contributed by atoms with Gasteiger partial charge in [-0.05, 0) is 99.2 Å². The van der Waals surface area contributed by atoms with Crippen molar-refractivity contribution in [1.29, 1.82) is 0 Å². The normalized spacial score (nSPS) is 11.6. The first-order valence-corrected chi connectivity index (χ1v) is 12.5. The van der Waals surface area contributed by atoms with Crippen molar-refractivity contribution in [2.24, 2.45) is 5.10 Å². The number of nitrogens with zero attached hydrogens (tertiary/aromatic N) is 2. The summed E-state index contributed by atoms with van der Waals surface area (Å²) in [4.78, 5) is 12.9. The number of anilines is 1. The first-order valence-electron chi connectivity index (χ1n) is 11.1. The molecule has 3 rings (SSSR count). The Morgan fingerprint density at radius 1 is 0.853 bits per heavy atom. The zero-order valence-corrected chi connectivity index (χ0v) is 21.3. The summed E-state index contributed by atoms with van der Waals surface area (Å²) in [7, 11) is -3.97. The lowest BCUT2D eigenvalue weighted by atomic mass is 10.00. The van der Waals surface area contributed by atoms with Gasteiger partial charge in [0.2, 0.25) is 0 Å². The van der Waals surface area contributed by atoms with E-state index in [1.54, 1.807) is 42.6 Å². The number of nitrogens with one attached hydrogen (secondary N) is 1. The molecule has 3 aromatic rings. The molecule has 0 saturated heterocycles. The van der Waals surface area contributed by atoms with Crippen LogP contribution in [0.5, 0.6) is 0 Å². The van der Waals surface area contributed by atoms with E-state index >= 15 is 0 Å². The van der Waals surface area contributed by atoms with Crippen LogP contribution in [0, 0.1) is 41.5 Å². The number of carbonyl (C=O) groups excluding carboxylic acids is 1. The summed E-state index contributed by atoms with van der Waals surface area (Å²) in [6, 6.07) is 16.0. The van der Waals surface area contributed by atoms with E-state index in [4.69, 9.17) is 0 Å². The predicted octanol–water partition coefficient (Wildman–Crippen LogP) is 4.88. The van der Waals surface area contributed by atoms with Gasteiger partial charge in [0.25, 0.3) is 15.9 Å². The van der Waals surface area contributed by atoms with Crippen molar-refractivity contribution >= 4 is 27.8 Å². The Hall–Kier alpha value is -3.45. The van der Waals surface area contributed by atoms with E-state index in [-0.39, 0.29) is 4.90 Å². The Balaban J connectivity index is 1.89. The number of hydrogen-bond donors (Lipinski definition) is 1. The lowest BCUT2D eigenvalue weighted by Crippen LogP contribution is -2.39. The molecule has 1 N–H and O–H groups in total. The highest BCUT2D eigenvalue weighted by atomic mass is 32.2. The third-order valence-electron chi connectivity index (χ3n) is 5.88. The number of aryl methyl sites for hydroxylation is 4. The fourth-order valence-electron chi connectivity index (χ4n) is 3.70. The van der Waals surface area contributed by atoms with E-state index in [9.17, 15) is 13.2 Å². The van der Waals surface area contributed by atoms with Gasteiger partial charge in [-0.3, -0.25) is 9.10 Å². The maximum atomic E-state index is 13.5. The Morgan fingerprint density at radius 3 is 2.09 bits per heavy atom. The molecule has 0 bridgehead atoms. The Bertz CT molecular complexity index is 1320. The zero-order valence-electron chi connectivity index (χ0n) is 20.5. The topological polar surface area (TPSA) is 78.8 Å². The maximum absolute atomic E-state index is 13.5. The van der Waals surface area contributed by atoms with E-state index in [1.807, 2.05) is 59.7 Å². The minimum absolute atomic E-state index is 0.124. The molecule has 1 amide bonds.